The molecule has 0 saturated heterocycles. The fourth-order valence-corrected chi connectivity index (χ4v) is 3.16. The summed E-state index contributed by atoms with van der Waals surface area (Å²) in [6, 6.07) is 6.12. The SMILES string of the molecule is N/C(=C\C=O)COC1(C(=O)NCc2ccccc2C(F)F)CCCCC1. The van der Waals surface area contributed by atoms with Gasteiger partial charge in [0.25, 0.3) is 12.3 Å². The van der Waals surface area contributed by atoms with Crippen LogP contribution in [-0.4, -0.2) is 24.4 Å². The number of benzene rings is 1. The number of halogens is 2. The molecule has 1 aliphatic rings. The number of ether oxygens (including phenoxy) is 1. The Hall–Kier alpha value is -2.28. The van der Waals surface area contributed by atoms with E-state index in [4.69, 9.17) is 10.5 Å². The third-order valence-electron chi connectivity index (χ3n) is 4.60. The maximum Gasteiger partial charge on any atom is 0.264 e. The molecule has 26 heavy (non-hydrogen) atoms. The monoisotopic (exact) mass is 366 g/mol. The van der Waals surface area contributed by atoms with Crippen LogP contribution >= 0.6 is 0 Å². The van der Waals surface area contributed by atoms with Crippen molar-refractivity contribution in [1.29, 1.82) is 0 Å². The number of hydrogen-bond donors (Lipinski definition) is 2. The number of rotatable bonds is 8. The topological polar surface area (TPSA) is 81.4 Å². The molecular weight excluding hydrogens is 342 g/mol. The molecule has 3 N–H and O–H groups in total. The molecule has 7 heteroatoms. The zero-order chi connectivity index (χ0) is 19.0. The van der Waals surface area contributed by atoms with Gasteiger partial charge < -0.3 is 15.8 Å². The van der Waals surface area contributed by atoms with Gasteiger partial charge in [-0.15, -0.1) is 0 Å². The largest absolute Gasteiger partial charge is 0.400 e. The van der Waals surface area contributed by atoms with E-state index in [2.05, 4.69) is 5.32 Å². The van der Waals surface area contributed by atoms with E-state index >= 15 is 0 Å². The molecule has 0 radical (unpaired) electrons. The minimum absolute atomic E-state index is 0.00408. The molecule has 1 saturated carbocycles. The zero-order valence-electron chi connectivity index (χ0n) is 14.5. The molecule has 0 aromatic heterocycles. The number of carbonyl (C=O) groups excluding carboxylic acids is 2. The Kier molecular flexibility index (Phi) is 7.26. The van der Waals surface area contributed by atoms with E-state index < -0.39 is 12.0 Å². The van der Waals surface area contributed by atoms with Crippen LogP contribution in [0.5, 0.6) is 0 Å². The van der Waals surface area contributed by atoms with Gasteiger partial charge in [-0.2, -0.15) is 0 Å². The number of hydrogen-bond acceptors (Lipinski definition) is 4. The van der Waals surface area contributed by atoms with E-state index in [0.29, 0.717) is 24.7 Å². The average Bonchev–Trinajstić information content (AvgIpc) is 2.65. The normalized spacial score (nSPS) is 17.1. The minimum Gasteiger partial charge on any atom is -0.400 e. The molecule has 0 aliphatic heterocycles. The molecule has 5 nitrogen and oxygen atoms in total. The first-order chi connectivity index (χ1) is 12.5. The second-order valence-corrected chi connectivity index (χ2v) is 6.40. The number of nitrogens with one attached hydrogen (secondary N) is 1. The summed E-state index contributed by atoms with van der Waals surface area (Å²) in [7, 11) is 0. The standard InChI is InChI=1S/C19H24F2N2O3/c20-17(21)16-7-3-2-6-14(16)12-23-18(25)19(9-4-1-5-10-19)26-13-15(22)8-11-24/h2-3,6-8,11,17H,1,4-5,9-10,12-13,22H2,(H,23,25)/b15-8-. The molecule has 2 rings (SSSR count). The van der Waals surface area contributed by atoms with Gasteiger partial charge in [-0.1, -0.05) is 43.5 Å². The van der Waals surface area contributed by atoms with Gasteiger partial charge in [-0.3, -0.25) is 9.59 Å². The highest BCUT2D eigenvalue weighted by molar-refractivity contribution is 5.85. The number of amides is 1. The van der Waals surface area contributed by atoms with E-state index in [0.717, 1.165) is 19.3 Å². The highest BCUT2D eigenvalue weighted by Gasteiger charge is 2.40. The lowest BCUT2D eigenvalue weighted by Crippen LogP contribution is -2.50. The lowest BCUT2D eigenvalue weighted by atomic mass is 9.83. The Labute approximate surface area is 151 Å². The lowest BCUT2D eigenvalue weighted by molar-refractivity contribution is -0.150. The first-order valence-electron chi connectivity index (χ1n) is 8.66. The van der Waals surface area contributed by atoms with Gasteiger partial charge >= 0.3 is 0 Å². The van der Waals surface area contributed by atoms with Crippen molar-refractivity contribution in [2.45, 2.75) is 50.7 Å². The van der Waals surface area contributed by atoms with Crippen molar-refractivity contribution in [3.63, 3.8) is 0 Å². The number of aldehydes is 1. The molecule has 1 aromatic rings. The van der Waals surface area contributed by atoms with E-state index in [9.17, 15) is 18.4 Å². The van der Waals surface area contributed by atoms with Crippen LogP contribution in [0.4, 0.5) is 8.78 Å². The van der Waals surface area contributed by atoms with Crippen molar-refractivity contribution < 1.29 is 23.1 Å². The number of carbonyl (C=O) groups is 2. The molecule has 1 aliphatic carbocycles. The van der Waals surface area contributed by atoms with Crippen molar-refractivity contribution in [2.75, 3.05) is 6.61 Å². The number of nitrogens with two attached hydrogens (primary N) is 1. The lowest BCUT2D eigenvalue weighted by Gasteiger charge is -2.36. The molecule has 0 bridgehead atoms. The summed E-state index contributed by atoms with van der Waals surface area (Å²) in [6.07, 6.45) is 2.88. The molecule has 142 valence electrons. The van der Waals surface area contributed by atoms with Crippen molar-refractivity contribution >= 4 is 12.2 Å². The van der Waals surface area contributed by atoms with Crippen LogP contribution < -0.4 is 11.1 Å². The molecule has 0 heterocycles. The van der Waals surface area contributed by atoms with Crippen molar-refractivity contribution in [3.05, 3.63) is 47.2 Å². The Balaban J connectivity index is 2.07. The average molecular weight is 366 g/mol. The van der Waals surface area contributed by atoms with Crippen molar-refractivity contribution in [1.82, 2.24) is 5.32 Å². The number of allylic oxidation sites excluding steroid dienone is 1. The molecule has 0 unspecified atom stereocenters. The van der Waals surface area contributed by atoms with E-state index in [1.165, 1.54) is 12.1 Å². The Morgan fingerprint density at radius 2 is 1.96 bits per heavy atom. The van der Waals surface area contributed by atoms with Gasteiger partial charge in [-0.25, -0.2) is 8.78 Å². The van der Waals surface area contributed by atoms with Crippen LogP contribution in [0.1, 0.15) is 49.7 Å². The first kappa shape index (κ1) is 20.0. The van der Waals surface area contributed by atoms with E-state index in [1.54, 1.807) is 18.2 Å². The zero-order valence-corrected chi connectivity index (χ0v) is 14.5. The highest BCUT2D eigenvalue weighted by Crippen LogP contribution is 2.32. The fraction of sp³-hybridized carbons (Fsp3) is 0.474. The smallest absolute Gasteiger partial charge is 0.264 e. The van der Waals surface area contributed by atoms with Crippen LogP contribution in [0.25, 0.3) is 0 Å². The maximum absolute atomic E-state index is 13.1. The quantitative estimate of drug-likeness (QED) is 0.547. The molecular formula is C19H24F2N2O3. The molecule has 1 amide bonds. The minimum atomic E-state index is -2.60. The fourth-order valence-electron chi connectivity index (χ4n) is 3.16. The first-order valence-corrected chi connectivity index (χ1v) is 8.66. The van der Waals surface area contributed by atoms with Gasteiger partial charge in [0.15, 0.2) is 0 Å². The predicted octanol–water partition coefficient (Wildman–Crippen LogP) is 3.00. The predicted molar refractivity (Wildman–Crippen MR) is 93.3 cm³/mol. The second kappa shape index (κ2) is 9.43. The second-order valence-electron chi connectivity index (χ2n) is 6.40. The van der Waals surface area contributed by atoms with Crippen LogP contribution in [-0.2, 0) is 20.9 Å². The molecule has 1 fully saturated rings. The Morgan fingerprint density at radius 3 is 2.62 bits per heavy atom. The summed E-state index contributed by atoms with van der Waals surface area (Å²) in [5.74, 6) is -0.333. The molecule has 1 aromatic carbocycles. The number of alkyl halides is 2. The van der Waals surface area contributed by atoms with Gasteiger partial charge in [0, 0.05) is 17.8 Å². The van der Waals surface area contributed by atoms with Gasteiger partial charge in [0.1, 0.15) is 11.9 Å². The van der Waals surface area contributed by atoms with Crippen molar-refractivity contribution in [2.24, 2.45) is 5.73 Å². The molecule has 0 spiro atoms. The van der Waals surface area contributed by atoms with E-state index in [-0.39, 0.29) is 30.3 Å². The van der Waals surface area contributed by atoms with Gasteiger partial charge in [0.05, 0.1) is 6.61 Å². The summed E-state index contributed by atoms with van der Waals surface area (Å²) in [5.41, 5.74) is 5.15. The summed E-state index contributed by atoms with van der Waals surface area (Å²) >= 11 is 0. The summed E-state index contributed by atoms with van der Waals surface area (Å²) < 4.78 is 32.0. The third-order valence-corrected chi connectivity index (χ3v) is 4.60. The van der Waals surface area contributed by atoms with Gasteiger partial charge in [-0.05, 0) is 24.5 Å². The third kappa shape index (κ3) is 5.11. The summed E-state index contributed by atoms with van der Waals surface area (Å²) in [4.78, 5) is 23.3. The summed E-state index contributed by atoms with van der Waals surface area (Å²) in [6.45, 7) is -0.0239. The summed E-state index contributed by atoms with van der Waals surface area (Å²) in [5, 5.41) is 2.73. The van der Waals surface area contributed by atoms with Crippen LogP contribution in [0, 0.1) is 0 Å². The van der Waals surface area contributed by atoms with Crippen molar-refractivity contribution in [3.8, 4) is 0 Å². The molecule has 0 atom stereocenters. The highest BCUT2D eigenvalue weighted by atomic mass is 19.3. The van der Waals surface area contributed by atoms with Gasteiger partial charge in [0.2, 0.25) is 0 Å². The van der Waals surface area contributed by atoms with E-state index in [1.807, 2.05) is 0 Å². The van der Waals surface area contributed by atoms with Crippen LogP contribution in [0.2, 0.25) is 0 Å². The Bertz CT molecular complexity index is 656. The van der Waals surface area contributed by atoms with Crippen LogP contribution in [0.3, 0.4) is 0 Å². The maximum atomic E-state index is 13.1. The Morgan fingerprint density at radius 1 is 1.27 bits per heavy atom. The van der Waals surface area contributed by atoms with Crippen LogP contribution in [0.15, 0.2) is 36.0 Å².